The predicted octanol–water partition coefficient (Wildman–Crippen LogP) is 4.35. The number of nitrogens with one attached hydrogen (secondary N) is 4. The van der Waals surface area contributed by atoms with Crippen molar-refractivity contribution in [2.45, 2.75) is 58.7 Å². The first kappa shape index (κ1) is 32.1. The number of anilines is 3. The number of likely N-dealkylation sites (tertiary alicyclic amines) is 1. The molecule has 1 fully saturated rings. The molecule has 1 aliphatic heterocycles. The molecule has 3 aromatic rings. The largest absolute Gasteiger partial charge is 0.494 e. The number of hydrogen-bond donors (Lipinski definition) is 4. The van der Waals surface area contributed by atoms with Crippen LogP contribution in [0, 0.1) is 11.2 Å². The van der Waals surface area contributed by atoms with Gasteiger partial charge in [-0.2, -0.15) is 0 Å². The Morgan fingerprint density at radius 1 is 1.14 bits per heavy atom. The fraction of sp³-hybridized carbons (Fsp3) is 0.433. The number of methoxy groups -OCH3 is 1. The molecule has 4 rings (SSSR count). The van der Waals surface area contributed by atoms with Crippen molar-refractivity contribution in [2.24, 2.45) is 5.41 Å². The van der Waals surface area contributed by atoms with Gasteiger partial charge in [0.1, 0.15) is 35.8 Å². The van der Waals surface area contributed by atoms with E-state index in [4.69, 9.17) is 4.74 Å². The molecule has 0 spiro atoms. The molecule has 0 bridgehead atoms. The van der Waals surface area contributed by atoms with Gasteiger partial charge in [-0.05, 0) is 56.5 Å². The molecule has 0 radical (unpaired) electrons. The smallest absolute Gasteiger partial charge is 0.247 e. The molecule has 1 aliphatic rings. The monoisotopic (exact) mass is 657 g/mol. The summed E-state index contributed by atoms with van der Waals surface area (Å²) in [5.74, 6) is -0.787. The van der Waals surface area contributed by atoms with Gasteiger partial charge in [0.25, 0.3) is 0 Å². The molecule has 1 unspecified atom stereocenters. The van der Waals surface area contributed by atoms with E-state index in [0.29, 0.717) is 52.0 Å². The Hall–Kier alpha value is -3.84. The molecular formula is C30H37BrFN7O4. The highest BCUT2D eigenvalue weighted by Crippen LogP contribution is 2.35. The van der Waals surface area contributed by atoms with Crippen LogP contribution in [0.1, 0.15) is 40.5 Å². The van der Waals surface area contributed by atoms with E-state index in [0.717, 1.165) is 0 Å². The highest BCUT2D eigenvalue weighted by atomic mass is 79.9. The summed E-state index contributed by atoms with van der Waals surface area (Å²) in [6.07, 6.45) is 2.45. The summed E-state index contributed by atoms with van der Waals surface area (Å²) in [6.45, 7) is 7.72. The van der Waals surface area contributed by atoms with Crippen molar-refractivity contribution in [1.29, 1.82) is 0 Å². The molecule has 4 N–H and O–H groups in total. The van der Waals surface area contributed by atoms with Crippen molar-refractivity contribution in [3.63, 3.8) is 0 Å². The first-order chi connectivity index (χ1) is 20.3. The second kappa shape index (κ2) is 13.2. The number of carbonyl (C=O) groups is 3. The van der Waals surface area contributed by atoms with E-state index in [1.54, 1.807) is 38.2 Å². The van der Waals surface area contributed by atoms with Crippen LogP contribution < -0.4 is 26.0 Å². The van der Waals surface area contributed by atoms with Crippen LogP contribution in [0.2, 0.25) is 0 Å². The lowest BCUT2D eigenvalue weighted by atomic mass is 9.85. The summed E-state index contributed by atoms with van der Waals surface area (Å²) < 4.78 is 20.7. The number of rotatable bonds is 9. The molecule has 2 heterocycles. The maximum Gasteiger partial charge on any atom is 0.247 e. The minimum atomic E-state index is -0.829. The van der Waals surface area contributed by atoms with Gasteiger partial charge < -0.3 is 30.9 Å². The number of benzene rings is 2. The lowest BCUT2D eigenvalue weighted by Crippen LogP contribution is -2.59. The maximum atomic E-state index is 14.6. The molecule has 230 valence electrons. The Balaban J connectivity index is 1.61. The predicted molar refractivity (Wildman–Crippen MR) is 167 cm³/mol. The van der Waals surface area contributed by atoms with Crippen molar-refractivity contribution in [3.05, 3.63) is 46.9 Å². The normalized spacial score (nSPS) is 16.5. The number of ether oxygens (including phenoxy) is 1. The topological polar surface area (TPSA) is 138 Å². The molecule has 1 aromatic heterocycles. The van der Waals surface area contributed by atoms with Gasteiger partial charge in [0.05, 0.1) is 30.0 Å². The second-order valence-electron chi connectivity index (χ2n) is 11.5. The average molecular weight is 659 g/mol. The van der Waals surface area contributed by atoms with Crippen molar-refractivity contribution < 1.29 is 23.5 Å². The Morgan fingerprint density at radius 3 is 2.53 bits per heavy atom. The third-order valence-corrected chi connectivity index (χ3v) is 7.96. The standard InChI is InChI=1S/C30H37BrFN7O4/c1-16(33-5)27(40)38-25(30(2,3)4)29(42)39-11-7-8-23(39)28(41)37-22-13-18-21(14-24(22)43-6)34-15-35-26(18)36-20-10-9-17(31)12-19(20)32/h9-10,12-16,23,25,33H,7-8,11H2,1-6H3,(H,37,41)(H,38,40)(H,34,35,36)/t16-,23?,25+/m0/s1. The zero-order valence-corrected chi connectivity index (χ0v) is 26.6. The fourth-order valence-electron chi connectivity index (χ4n) is 4.90. The lowest BCUT2D eigenvalue weighted by molar-refractivity contribution is -0.143. The molecule has 2 aromatic carbocycles. The summed E-state index contributed by atoms with van der Waals surface area (Å²) >= 11 is 3.25. The molecule has 13 heteroatoms. The van der Waals surface area contributed by atoms with Gasteiger partial charge in [-0.1, -0.05) is 36.7 Å². The molecule has 3 atom stereocenters. The first-order valence-electron chi connectivity index (χ1n) is 14.0. The Kier molecular flexibility index (Phi) is 9.86. The quantitative estimate of drug-likeness (QED) is 0.267. The zero-order valence-electron chi connectivity index (χ0n) is 25.0. The minimum absolute atomic E-state index is 0.217. The SMILES string of the molecule is CN[C@@H](C)C(=O)N[C@H](C(=O)N1CCCC1C(=O)Nc1cc2c(Nc3ccc(Br)cc3F)ncnc2cc1OC)C(C)(C)C. The number of fused-ring (bicyclic) bond motifs is 1. The third-order valence-electron chi connectivity index (χ3n) is 7.46. The molecule has 0 aliphatic carbocycles. The van der Waals surface area contributed by atoms with Crippen molar-refractivity contribution in [1.82, 2.24) is 25.5 Å². The molecule has 11 nitrogen and oxygen atoms in total. The van der Waals surface area contributed by atoms with Crippen LogP contribution in [0.5, 0.6) is 5.75 Å². The van der Waals surface area contributed by atoms with Crippen LogP contribution in [0.15, 0.2) is 41.1 Å². The second-order valence-corrected chi connectivity index (χ2v) is 12.5. The maximum absolute atomic E-state index is 14.6. The molecule has 43 heavy (non-hydrogen) atoms. The van der Waals surface area contributed by atoms with Gasteiger partial charge in [0, 0.05) is 22.5 Å². The third kappa shape index (κ3) is 7.21. The van der Waals surface area contributed by atoms with Crippen LogP contribution >= 0.6 is 15.9 Å². The van der Waals surface area contributed by atoms with Gasteiger partial charge in [-0.15, -0.1) is 0 Å². The van der Waals surface area contributed by atoms with E-state index in [1.807, 2.05) is 20.8 Å². The summed E-state index contributed by atoms with van der Waals surface area (Å²) in [5.41, 5.74) is 0.483. The average Bonchev–Trinajstić information content (AvgIpc) is 3.46. The Morgan fingerprint density at radius 2 is 1.88 bits per heavy atom. The zero-order chi connectivity index (χ0) is 31.5. The van der Waals surface area contributed by atoms with Crippen LogP contribution in [-0.2, 0) is 14.4 Å². The van der Waals surface area contributed by atoms with Gasteiger partial charge >= 0.3 is 0 Å². The number of carbonyl (C=O) groups excluding carboxylic acids is 3. The van der Waals surface area contributed by atoms with Crippen LogP contribution in [0.25, 0.3) is 10.9 Å². The van der Waals surface area contributed by atoms with E-state index in [-0.39, 0.29) is 17.5 Å². The lowest BCUT2D eigenvalue weighted by Gasteiger charge is -2.36. The highest BCUT2D eigenvalue weighted by molar-refractivity contribution is 9.10. The van der Waals surface area contributed by atoms with E-state index in [1.165, 1.54) is 24.4 Å². The van der Waals surface area contributed by atoms with Gasteiger partial charge in [0.2, 0.25) is 17.7 Å². The fourth-order valence-corrected chi connectivity index (χ4v) is 5.23. The summed E-state index contributed by atoms with van der Waals surface area (Å²) in [6, 6.07) is 5.87. The van der Waals surface area contributed by atoms with Gasteiger partial charge in [-0.25, -0.2) is 14.4 Å². The molecule has 3 amide bonds. The number of aromatic nitrogens is 2. The van der Waals surface area contributed by atoms with Gasteiger partial charge in [0.15, 0.2) is 0 Å². The summed E-state index contributed by atoms with van der Waals surface area (Å²) in [7, 11) is 3.15. The van der Waals surface area contributed by atoms with Crippen LogP contribution in [0.4, 0.5) is 21.6 Å². The van der Waals surface area contributed by atoms with Crippen LogP contribution in [-0.4, -0.2) is 71.4 Å². The number of halogens is 2. The van der Waals surface area contributed by atoms with Crippen molar-refractivity contribution in [2.75, 3.05) is 31.3 Å². The molecule has 0 saturated carbocycles. The van der Waals surface area contributed by atoms with Crippen molar-refractivity contribution >= 4 is 61.7 Å². The van der Waals surface area contributed by atoms with Crippen LogP contribution in [0.3, 0.4) is 0 Å². The first-order valence-corrected chi connectivity index (χ1v) is 14.8. The Bertz CT molecular complexity index is 1530. The van der Waals surface area contributed by atoms with E-state index in [9.17, 15) is 18.8 Å². The van der Waals surface area contributed by atoms with E-state index in [2.05, 4.69) is 47.2 Å². The van der Waals surface area contributed by atoms with Crippen molar-refractivity contribution in [3.8, 4) is 5.75 Å². The summed E-state index contributed by atoms with van der Waals surface area (Å²) in [4.78, 5) is 50.3. The minimum Gasteiger partial charge on any atom is -0.494 e. The number of likely N-dealkylation sites (N-methyl/N-ethyl adjacent to an activating group) is 1. The number of nitrogens with zero attached hydrogens (tertiary/aromatic N) is 3. The van der Waals surface area contributed by atoms with E-state index >= 15 is 0 Å². The molecular weight excluding hydrogens is 621 g/mol. The summed E-state index contributed by atoms with van der Waals surface area (Å²) in [5, 5.41) is 12.2. The number of hydrogen-bond acceptors (Lipinski definition) is 8. The molecule has 1 saturated heterocycles. The number of amides is 3. The Labute approximate surface area is 258 Å². The highest BCUT2D eigenvalue weighted by Gasteiger charge is 2.42. The van der Waals surface area contributed by atoms with E-state index < -0.39 is 35.3 Å². The van der Waals surface area contributed by atoms with Gasteiger partial charge in [-0.3, -0.25) is 14.4 Å².